The molecule has 1 N–H and O–H groups in total. The van der Waals surface area contributed by atoms with Crippen molar-refractivity contribution in [1.29, 1.82) is 0 Å². The number of carbonyl (C=O) groups excluding carboxylic acids is 2. The highest BCUT2D eigenvalue weighted by molar-refractivity contribution is 6.30. The number of halogens is 1. The summed E-state index contributed by atoms with van der Waals surface area (Å²) in [6.45, 7) is 5.82. The Morgan fingerprint density at radius 2 is 1.86 bits per heavy atom. The van der Waals surface area contributed by atoms with Crippen LogP contribution in [0.5, 0.6) is 5.75 Å². The van der Waals surface area contributed by atoms with Crippen LogP contribution in [0, 0.1) is 6.92 Å². The molecule has 1 atom stereocenters. The number of aromatic hydroxyl groups is 1. The number of carbonyl (C=O) groups is 2. The van der Waals surface area contributed by atoms with Crippen LogP contribution in [0.3, 0.4) is 0 Å². The summed E-state index contributed by atoms with van der Waals surface area (Å²) in [6.07, 6.45) is 0.731. The summed E-state index contributed by atoms with van der Waals surface area (Å²) in [7, 11) is 0. The molecule has 3 rings (SSSR count). The van der Waals surface area contributed by atoms with Crippen molar-refractivity contribution in [3.63, 3.8) is 0 Å². The van der Waals surface area contributed by atoms with Crippen LogP contribution in [0.2, 0.25) is 5.02 Å². The van der Waals surface area contributed by atoms with E-state index in [0.29, 0.717) is 39.4 Å². The number of aromatic nitrogens is 1. The summed E-state index contributed by atoms with van der Waals surface area (Å²) in [6, 6.07) is 11.4. The molecule has 146 valence electrons. The van der Waals surface area contributed by atoms with Gasteiger partial charge in [-0.2, -0.15) is 0 Å². The molecule has 1 aromatic heterocycles. The molecule has 3 aromatic rings. The van der Waals surface area contributed by atoms with E-state index in [-0.39, 0.29) is 17.6 Å². The predicted octanol–water partition coefficient (Wildman–Crippen LogP) is 5.05. The number of nitrogens with zero attached hydrogens (tertiary/aromatic N) is 1. The molecule has 0 fully saturated rings. The summed E-state index contributed by atoms with van der Waals surface area (Å²) in [5.74, 6) is -1.09. The van der Waals surface area contributed by atoms with E-state index in [1.165, 1.54) is 6.07 Å². The Morgan fingerprint density at radius 1 is 1.18 bits per heavy atom. The Kier molecular flexibility index (Phi) is 5.75. The molecule has 6 heteroatoms. The van der Waals surface area contributed by atoms with Crippen molar-refractivity contribution in [2.45, 2.75) is 33.1 Å². The van der Waals surface area contributed by atoms with Gasteiger partial charge in [0.05, 0.1) is 18.0 Å². The number of hydrogen-bond donors (Lipinski definition) is 1. The maximum atomic E-state index is 13.2. The molecule has 0 amide bonds. The highest BCUT2D eigenvalue weighted by atomic mass is 35.5. The van der Waals surface area contributed by atoms with Crippen molar-refractivity contribution < 1.29 is 19.4 Å². The second kappa shape index (κ2) is 8.07. The molecule has 1 heterocycles. The van der Waals surface area contributed by atoms with Gasteiger partial charge < -0.3 is 9.84 Å². The van der Waals surface area contributed by atoms with Crippen LogP contribution in [-0.4, -0.2) is 28.2 Å². The molecule has 0 bridgehead atoms. The molecule has 0 radical (unpaired) electrons. The first-order valence-electron chi connectivity index (χ1n) is 9.16. The van der Waals surface area contributed by atoms with Gasteiger partial charge in [0.2, 0.25) is 0 Å². The lowest BCUT2D eigenvalue weighted by atomic mass is 9.98. The van der Waals surface area contributed by atoms with Crippen LogP contribution in [0.1, 0.15) is 47.8 Å². The second-order valence-electron chi connectivity index (χ2n) is 6.74. The molecule has 0 unspecified atom stereocenters. The smallest absolute Gasteiger partial charge is 0.313 e. The van der Waals surface area contributed by atoms with Crippen LogP contribution in [0.15, 0.2) is 42.5 Å². The van der Waals surface area contributed by atoms with E-state index in [0.717, 1.165) is 6.42 Å². The maximum absolute atomic E-state index is 13.2. The molecule has 5 nitrogen and oxygen atoms in total. The Hall–Kier alpha value is -2.79. The Bertz CT molecular complexity index is 1040. The fourth-order valence-electron chi connectivity index (χ4n) is 3.41. The molecule has 0 spiro atoms. The molecular formula is C22H22ClNO4. The number of phenols is 1. The van der Waals surface area contributed by atoms with Crippen LogP contribution in [-0.2, 0) is 9.53 Å². The highest BCUT2D eigenvalue weighted by Gasteiger charge is 2.27. The molecule has 0 aliphatic heterocycles. The van der Waals surface area contributed by atoms with Crippen molar-refractivity contribution in [3.8, 4) is 5.75 Å². The van der Waals surface area contributed by atoms with Gasteiger partial charge in [-0.3, -0.25) is 14.2 Å². The van der Waals surface area contributed by atoms with Gasteiger partial charge >= 0.3 is 5.97 Å². The van der Waals surface area contributed by atoms with Crippen molar-refractivity contribution in [3.05, 3.63) is 64.3 Å². The fourth-order valence-corrected chi connectivity index (χ4v) is 3.53. The molecule has 0 saturated heterocycles. The first-order chi connectivity index (χ1) is 13.3. The lowest BCUT2D eigenvalue weighted by Gasteiger charge is -2.13. The van der Waals surface area contributed by atoms with Gasteiger partial charge in [0.1, 0.15) is 5.75 Å². The summed E-state index contributed by atoms with van der Waals surface area (Å²) >= 11 is 5.93. The van der Waals surface area contributed by atoms with E-state index < -0.39 is 5.92 Å². The van der Waals surface area contributed by atoms with Crippen molar-refractivity contribution in [1.82, 2.24) is 4.57 Å². The normalized spacial score (nSPS) is 12.1. The lowest BCUT2D eigenvalue weighted by Crippen LogP contribution is -2.17. The van der Waals surface area contributed by atoms with E-state index in [1.54, 1.807) is 54.8 Å². The van der Waals surface area contributed by atoms with Crippen LogP contribution < -0.4 is 0 Å². The van der Waals surface area contributed by atoms with Crippen LogP contribution in [0.4, 0.5) is 0 Å². The first kappa shape index (κ1) is 20.0. The van der Waals surface area contributed by atoms with Gasteiger partial charge in [-0.25, -0.2) is 0 Å². The summed E-state index contributed by atoms with van der Waals surface area (Å²) in [5.41, 5.74) is 2.42. The van der Waals surface area contributed by atoms with Crippen molar-refractivity contribution in [2.75, 3.05) is 6.61 Å². The zero-order valence-corrected chi connectivity index (χ0v) is 16.8. The molecule has 0 aliphatic rings. The predicted molar refractivity (Wildman–Crippen MR) is 109 cm³/mol. The van der Waals surface area contributed by atoms with Crippen LogP contribution >= 0.6 is 11.6 Å². The van der Waals surface area contributed by atoms with Gasteiger partial charge in [-0.1, -0.05) is 18.5 Å². The van der Waals surface area contributed by atoms with E-state index >= 15 is 0 Å². The first-order valence-corrected chi connectivity index (χ1v) is 9.53. The van der Waals surface area contributed by atoms with Gasteiger partial charge in [0.25, 0.3) is 5.91 Å². The van der Waals surface area contributed by atoms with Gasteiger partial charge in [0, 0.05) is 21.7 Å². The second-order valence-corrected chi connectivity index (χ2v) is 7.17. The Morgan fingerprint density at radius 3 is 2.50 bits per heavy atom. The van der Waals surface area contributed by atoms with E-state index in [4.69, 9.17) is 16.3 Å². The highest BCUT2D eigenvalue weighted by Crippen LogP contribution is 2.35. The Balaban J connectivity index is 2.16. The quantitative estimate of drug-likeness (QED) is 0.609. The third kappa shape index (κ3) is 3.62. The minimum absolute atomic E-state index is 0.0685. The number of esters is 1. The summed E-state index contributed by atoms with van der Waals surface area (Å²) in [4.78, 5) is 25.7. The summed E-state index contributed by atoms with van der Waals surface area (Å²) in [5, 5.41) is 11.2. The SMILES string of the molecule is CCCOC(=O)[C@@H](C)c1c(C)n(C(=O)c2ccc(Cl)cc2)c2ccc(O)cc12. The minimum atomic E-state index is -0.574. The molecule has 0 saturated carbocycles. The number of phenolic OH excluding ortho intramolecular Hbond substituents is 1. The van der Waals surface area contributed by atoms with Gasteiger partial charge in [-0.05, 0) is 68.3 Å². The van der Waals surface area contributed by atoms with E-state index in [1.807, 2.05) is 6.92 Å². The number of rotatable bonds is 5. The topological polar surface area (TPSA) is 68.5 Å². The average Bonchev–Trinajstić information content (AvgIpc) is 2.96. The van der Waals surface area contributed by atoms with E-state index in [9.17, 15) is 14.7 Å². The third-order valence-corrected chi connectivity index (χ3v) is 5.02. The number of ether oxygens (including phenoxy) is 1. The van der Waals surface area contributed by atoms with E-state index in [2.05, 4.69) is 0 Å². The molecular weight excluding hydrogens is 378 g/mol. The van der Waals surface area contributed by atoms with Gasteiger partial charge in [-0.15, -0.1) is 0 Å². The third-order valence-electron chi connectivity index (χ3n) is 4.77. The van der Waals surface area contributed by atoms with Crippen LogP contribution in [0.25, 0.3) is 10.9 Å². The monoisotopic (exact) mass is 399 g/mol. The number of benzene rings is 2. The maximum Gasteiger partial charge on any atom is 0.313 e. The number of fused-ring (bicyclic) bond motifs is 1. The average molecular weight is 400 g/mol. The summed E-state index contributed by atoms with van der Waals surface area (Å²) < 4.78 is 6.87. The zero-order chi connectivity index (χ0) is 20.4. The largest absolute Gasteiger partial charge is 0.508 e. The standard InChI is InChI=1S/C22H22ClNO4/c1-4-11-28-22(27)13(2)20-14(3)24(19-10-9-17(25)12-18(19)20)21(26)15-5-7-16(23)8-6-15/h5-10,12-13,25H,4,11H2,1-3H3/t13-/m0/s1. The van der Waals surface area contributed by atoms with Crippen molar-refractivity contribution >= 4 is 34.4 Å². The fraction of sp³-hybridized carbons (Fsp3) is 0.273. The van der Waals surface area contributed by atoms with Gasteiger partial charge in [0.15, 0.2) is 0 Å². The Labute approximate surface area is 168 Å². The lowest BCUT2D eigenvalue weighted by molar-refractivity contribution is -0.145. The number of hydrogen-bond acceptors (Lipinski definition) is 4. The molecule has 2 aromatic carbocycles. The van der Waals surface area contributed by atoms with Crippen molar-refractivity contribution in [2.24, 2.45) is 0 Å². The molecule has 0 aliphatic carbocycles. The minimum Gasteiger partial charge on any atom is -0.508 e. The molecule has 28 heavy (non-hydrogen) atoms. The zero-order valence-electron chi connectivity index (χ0n) is 16.0.